The fourth-order valence-electron chi connectivity index (χ4n) is 3.81. The molecule has 1 amide bonds. The second-order valence-corrected chi connectivity index (χ2v) is 9.51. The van der Waals surface area contributed by atoms with Crippen LogP contribution in [0.2, 0.25) is 0 Å². The van der Waals surface area contributed by atoms with Gasteiger partial charge in [0.15, 0.2) is 0 Å². The Kier molecular flexibility index (Phi) is 7.05. The van der Waals surface area contributed by atoms with E-state index in [1.165, 1.54) is 17.1 Å². The first-order chi connectivity index (χ1) is 13.5. The van der Waals surface area contributed by atoms with Crippen LogP contribution < -0.4 is 0 Å². The number of likely N-dealkylation sites (tertiary alicyclic amines) is 1. The van der Waals surface area contributed by atoms with Crippen molar-refractivity contribution < 1.29 is 13.2 Å². The standard InChI is InChI=1S/C20H28N4O3S/c21-15-18-6-5-7-19(14-18)17-28(26,27)24-12-10-22(11-13-24)16-20(25)23-8-3-1-2-4-9-23/h5-7,14H,1-4,8-13,16-17H2. The summed E-state index contributed by atoms with van der Waals surface area (Å²) in [6.45, 7) is 3.98. The van der Waals surface area contributed by atoms with Gasteiger partial charge in [-0.2, -0.15) is 9.57 Å². The fraction of sp³-hybridized carbons (Fsp3) is 0.600. The minimum Gasteiger partial charge on any atom is -0.342 e. The smallest absolute Gasteiger partial charge is 0.236 e. The molecule has 2 saturated heterocycles. The first kappa shape index (κ1) is 20.8. The molecule has 0 bridgehead atoms. The van der Waals surface area contributed by atoms with Crippen molar-refractivity contribution in [2.45, 2.75) is 31.4 Å². The molecule has 3 rings (SSSR count). The fourth-order valence-corrected chi connectivity index (χ4v) is 5.31. The SMILES string of the molecule is N#Cc1cccc(CS(=O)(=O)N2CCN(CC(=O)N3CCCCCC3)CC2)c1. The van der Waals surface area contributed by atoms with Crippen LogP contribution in [0.3, 0.4) is 0 Å². The number of carbonyl (C=O) groups excluding carboxylic acids is 1. The molecule has 2 aliphatic rings. The van der Waals surface area contributed by atoms with Crippen molar-refractivity contribution in [3.8, 4) is 6.07 Å². The number of nitrogens with zero attached hydrogens (tertiary/aromatic N) is 4. The summed E-state index contributed by atoms with van der Waals surface area (Å²) in [5.74, 6) is 0.0569. The van der Waals surface area contributed by atoms with Crippen molar-refractivity contribution in [2.75, 3.05) is 45.8 Å². The quantitative estimate of drug-likeness (QED) is 0.741. The molecule has 8 heteroatoms. The lowest BCUT2D eigenvalue weighted by atomic mass is 10.2. The molecule has 1 aromatic carbocycles. The monoisotopic (exact) mass is 404 g/mol. The number of nitriles is 1. The number of sulfonamides is 1. The molecule has 2 aliphatic heterocycles. The van der Waals surface area contributed by atoms with E-state index in [9.17, 15) is 13.2 Å². The van der Waals surface area contributed by atoms with Gasteiger partial charge in [-0.3, -0.25) is 9.69 Å². The third-order valence-electron chi connectivity index (χ3n) is 5.45. The van der Waals surface area contributed by atoms with Gasteiger partial charge in [0.2, 0.25) is 15.9 Å². The van der Waals surface area contributed by atoms with Gasteiger partial charge in [-0.25, -0.2) is 8.42 Å². The zero-order valence-electron chi connectivity index (χ0n) is 16.2. The average Bonchev–Trinajstić information content (AvgIpc) is 2.98. The lowest BCUT2D eigenvalue weighted by Crippen LogP contribution is -2.51. The second kappa shape index (κ2) is 9.50. The highest BCUT2D eigenvalue weighted by Crippen LogP contribution is 2.15. The number of carbonyl (C=O) groups is 1. The van der Waals surface area contributed by atoms with E-state index in [0.717, 1.165) is 25.9 Å². The molecule has 0 atom stereocenters. The summed E-state index contributed by atoms with van der Waals surface area (Å²) in [7, 11) is -3.44. The molecule has 0 aliphatic carbocycles. The Morgan fingerprint density at radius 1 is 1.00 bits per heavy atom. The Bertz CT molecular complexity index is 818. The van der Waals surface area contributed by atoms with E-state index in [0.29, 0.717) is 43.9 Å². The molecular weight excluding hydrogens is 376 g/mol. The van der Waals surface area contributed by atoms with E-state index < -0.39 is 10.0 Å². The zero-order valence-corrected chi connectivity index (χ0v) is 17.0. The van der Waals surface area contributed by atoms with Crippen LogP contribution in [0, 0.1) is 11.3 Å². The maximum atomic E-state index is 12.7. The summed E-state index contributed by atoms with van der Waals surface area (Å²) in [5.41, 5.74) is 1.09. The highest BCUT2D eigenvalue weighted by molar-refractivity contribution is 7.88. The van der Waals surface area contributed by atoms with Gasteiger partial charge in [0.05, 0.1) is 23.9 Å². The van der Waals surface area contributed by atoms with Crippen molar-refractivity contribution in [2.24, 2.45) is 0 Å². The third kappa shape index (κ3) is 5.53. The zero-order chi connectivity index (χ0) is 20.0. The van der Waals surface area contributed by atoms with E-state index in [1.807, 2.05) is 11.0 Å². The number of piperazine rings is 1. The lowest BCUT2D eigenvalue weighted by Gasteiger charge is -2.34. The summed E-state index contributed by atoms with van der Waals surface area (Å²) < 4.78 is 26.9. The molecule has 7 nitrogen and oxygen atoms in total. The molecule has 0 N–H and O–H groups in total. The number of amides is 1. The number of hydrogen-bond donors (Lipinski definition) is 0. The predicted molar refractivity (Wildman–Crippen MR) is 107 cm³/mol. The molecular formula is C20H28N4O3S. The van der Waals surface area contributed by atoms with Crippen LogP contribution in [0.25, 0.3) is 0 Å². The topological polar surface area (TPSA) is 84.7 Å². The molecule has 0 saturated carbocycles. The highest BCUT2D eigenvalue weighted by atomic mass is 32.2. The maximum absolute atomic E-state index is 12.7. The Labute approximate surface area is 167 Å². The van der Waals surface area contributed by atoms with Gasteiger partial charge in [0.1, 0.15) is 0 Å². The maximum Gasteiger partial charge on any atom is 0.236 e. The van der Waals surface area contributed by atoms with Crippen LogP contribution >= 0.6 is 0 Å². The van der Waals surface area contributed by atoms with E-state index in [-0.39, 0.29) is 11.7 Å². The minimum absolute atomic E-state index is 0.102. The van der Waals surface area contributed by atoms with E-state index in [4.69, 9.17) is 5.26 Å². The Morgan fingerprint density at radius 2 is 1.68 bits per heavy atom. The molecule has 1 aromatic rings. The van der Waals surface area contributed by atoms with Crippen molar-refractivity contribution in [3.63, 3.8) is 0 Å². The number of hydrogen-bond acceptors (Lipinski definition) is 5. The first-order valence-corrected chi connectivity index (χ1v) is 11.6. The molecule has 0 unspecified atom stereocenters. The summed E-state index contributed by atoms with van der Waals surface area (Å²) >= 11 is 0. The first-order valence-electron chi connectivity index (χ1n) is 9.95. The van der Waals surface area contributed by atoms with Crippen molar-refractivity contribution in [1.29, 1.82) is 5.26 Å². The summed E-state index contributed by atoms with van der Waals surface area (Å²) in [5, 5.41) is 8.97. The molecule has 0 aromatic heterocycles. The second-order valence-electron chi connectivity index (χ2n) is 7.54. The summed E-state index contributed by atoms with van der Waals surface area (Å²) in [4.78, 5) is 16.5. The third-order valence-corrected chi connectivity index (χ3v) is 7.30. The van der Waals surface area contributed by atoms with E-state index >= 15 is 0 Å². The molecule has 0 spiro atoms. The summed E-state index contributed by atoms with van der Waals surface area (Å²) in [6.07, 6.45) is 4.53. The van der Waals surface area contributed by atoms with Crippen LogP contribution in [0.1, 0.15) is 36.8 Å². The van der Waals surface area contributed by atoms with Gasteiger partial charge in [0.25, 0.3) is 0 Å². The van der Waals surface area contributed by atoms with Gasteiger partial charge in [-0.15, -0.1) is 0 Å². The number of rotatable bonds is 5. The predicted octanol–water partition coefficient (Wildman–Crippen LogP) is 1.41. The van der Waals surface area contributed by atoms with Crippen LogP contribution in [-0.2, 0) is 20.6 Å². The van der Waals surface area contributed by atoms with Crippen LogP contribution in [-0.4, -0.2) is 74.2 Å². The van der Waals surface area contributed by atoms with E-state index in [2.05, 4.69) is 4.90 Å². The molecule has 2 heterocycles. The Morgan fingerprint density at radius 3 is 2.32 bits per heavy atom. The Balaban J connectivity index is 1.51. The van der Waals surface area contributed by atoms with Crippen molar-refractivity contribution in [1.82, 2.24) is 14.1 Å². The molecule has 152 valence electrons. The van der Waals surface area contributed by atoms with Crippen molar-refractivity contribution >= 4 is 15.9 Å². The van der Waals surface area contributed by atoms with Crippen molar-refractivity contribution in [3.05, 3.63) is 35.4 Å². The number of benzene rings is 1. The van der Waals surface area contributed by atoms with Crippen LogP contribution in [0.15, 0.2) is 24.3 Å². The average molecular weight is 405 g/mol. The minimum atomic E-state index is -3.44. The van der Waals surface area contributed by atoms with Gasteiger partial charge < -0.3 is 4.90 Å². The normalized spacial score (nSPS) is 19.8. The molecule has 2 fully saturated rings. The van der Waals surface area contributed by atoms with Crippen LogP contribution in [0.4, 0.5) is 0 Å². The molecule has 0 radical (unpaired) electrons. The summed E-state index contributed by atoms with van der Waals surface area (Å²) in [6, 6.07) is 8.75. The highest BCUT2D eigenvalue weighted by Gasteiger charge is 2.28. The Hall–Kier alpha value is -1.95. The van der Waals surface area contributed by atoms with Gasteiger partial charge in [-0.05, 0) is 30.5 Å². The van der Waals surface area contributed by atoms with Gasteiger partial charge in [0, 0.05) is 39.3 Å². The van der Waals surface area contributed by atoms with Gasteiger partial charge >= 0.3 is 0 Å². The largest absolute Gasteiger partial charge is 0.342 e. The van der Waals surface area contributed by atoms with Gasteiger partial charge in [-0.1, -0.05) is 25.0 Å². The lowest BCUT2D eigenvalue weighted by molar-refractivity contribution is -0.132. The van der Waals surface area contributed by atoms with E-state index in [1.54, 1.807) is 24.3 Å². The molecule has 28 heavy (non-hydrogen) atoms. The van der Waals surface area contributed by atoms with Crippen LogP contribution in [0.5, 0.6) is 0 Å².